The third kappa shape index (κ3) is 3.81. The molecule has 1 unspecified atom stereocenters. The Morgan fingerprint density at radius 3 is 2.57 bits per heavy atom. The van der Waals surface area contributed by atoms with E-state index in [-0.39, 0.29) is 12.3 Å². The average molecular weight is 311 g/mol. The van der Waals surface area contributed by atoms with Gasteiger partial charge in [0.05, 0.1) is 11.7 Å². The van der Waals surface area contributed by atoms with Crippen molar-refractivity contribution in [2.75, 3.05) is 13.1 Å². The number of piperidine rings is 1. The second-order valence-electron chi connectivity index (χ2n) is 5.33. The van der Waals surface area contributed by atoms with E-state index < -0.39 is 21.8 Å². The summed E-state index contributed by atoms with van der Waals surface area (Å²) in [6.07, 6.45) is 1.31. The molecule has 0 spiro atoms. The Kier molecular flexibility index (Phi) is 4.97. The largest absolute Gasteiger partial charge is 0.369 e. The first-order chi connectivity index (χ1) is 9.94. The van der Waals surface area contributed by atoms with E-state index in [0.717, 1.165) is 5.56 Å². The molecule has 0 bridgehead atoms. The first-order valence-electron chi connectivity index (χ1n) is 6.98. The molecule has 0 radical (unpaired) electrons. The van der Waals surface area contributed by atoms with Crippen LogP contribution >= 0.6 is 0 Å². The fourth-order valence-corrected chi connectivity index (χ4v) is 4.28. The number of carbonyl (C=O) groups is 1. The summed E-state index contributed by atoms with van der Waals surface area (Å²) < 4.78 is 26.4. The van der Waals surface area contributed by atoms with Crippen molar-refractivity contribution < 1.29 is 13.2 Å². The Bertz CT molecular complexity index is 616. The van der Waals surface area contributed by atoms with Crippen LogP contribution in [0.15, 0.2) is 24.3 Å². The van der Waals surface area contributed by atoms with E-state index in [4.69, 9.17) is 11.5 Å². The lowest BCUT2D eigenvalue weighted by Crippen LogP contribution is -2.44. The first kappa shape index (κ1) is 15.9. The lowest BCUT2D eigenvalue weighted by atomic mass is 9.99. The molecule has 21 heavy (non-hydrogen) atoms. The molecule has 1 aromatic rings. The SMILES string of the molecule is NCc1ccccc1CS(=O)(=O)N1CCCC(C(N)=O)C1. The van der Waals surface area contributed by atoms with Gasteiger partial charge in [-0.3, -0.25) is 4.79 Å². The second kappa shape index (κ2) is 6.55. The summed E-state index contributed by atoms with van der Waals surface area (Å²) in [6.45, 7) is 0.926. The smallest absolute Gasteiger partial charge is 0.221 e. The summed E-state index contributed by atoms with van der Waals surface area (Å²) >= 11 is 0. The zero-order valence-electron chi connectivity index (χ0n) is 11.9. The number of rotatable bonds is 5. The molecular weight excluding hydrogens is 290 g/mol. The van der Waals surface area contributed by atoms with Crippen molar-refractivity contribution in [2.45, 2.75) is 25.1 Å². The lowest BCUT2D eigenvalue weighted by Gasteiger charge is -2.30. The molecule has 1 aromatic carbocycles. The Morgan fingerprint density at radius 2 is 1.95 bits per heavy atom. The topological polar surface area (TPSA) is 106 Å². The van der Waals surface area contributed by atoms with E-state index in [1.807, 2.05) is 12.1 Å². The van der Waals surface area contributed by atoms with Crippen LogP contribution in [0.1, 0.15) is 24.0 Å². The van der Waals surface area contributed by atoms with Crippen LogP contribution in [-0.4, -0.2) is 31.7 Å². The maximum Gasteiger partial charge on any atom is 0.221 e. The van der Waals surface area contributed by atoms with Crippen molar-refractivity contribution in [2.24, 2.45) is 17.4 Å². The second-order valence-corrected chi connectivity index (χ2v) is 7.30. The molecule has 1 fully saturated rings. The van der Waals surface area contributed by atoms with E-state index in [2.05, 4.69) is 0 Å². The minimum absolute atomic E-state index is 0.0914. The highest BCUT2D eigenvalue weighted by atomic mass is 32.2. The zero-order valence-corrected chi connectivity index (χ0v) is 12.7. The molecule has 4 N–H and O–H groups in total. The Hall–Kier alpha value is -1.44. The van der Waals surface area contributed by atoms with E-state index >= 15 is 0 Å². The maximum atomic E-state index is 12.5. The number of hydrogen-bond acceptors (Lipinski definition) is 4. The van der Waals surface area contributed by atoms with Crippen LogP contribution in [0.3, 0.4) is 0 Å². The van der Waals surface area contributed by atoms with Gasteiger partial charge in [0.25, 0.3) is 0 Å². The maximum absolute atomic E-state index is 12.5. The Balaban J connectivity index is 2.16. The molecule has 0 saturated carbocycles. The van der Waals surface area contributed by atoms with Gasteiger partial charge in [-0.1, -0.05) is 24.3 Å². The summed E-state index contributed by atoms with van der Waals surface area (Å²) in [4.78, 5) is 11.3. The van der Waals surface area contributed by atoms with Gasteiger partial charge in [-0.2, -0.15) is 0 Å². The molecule has 6 nitrogen and oxygen atoms in total. The van der Waals surface area contributed by atoms with Crippen LogP contribution in [-0.2, 0) is 27.1 Å². The van der Waals surface area contributed by atoms with Crippen LogP contribution in [0, 0.1) is 5.92 Å². The molecule has 1 heterocycles. The van der Waals surface area contributed by atoms with Crippen LogP contribution in [0.5, 0.6) is 0 Å². The fraction of sp³-hybridized carbons (Fsp3) is 0.500. The minimum Gasteiger partial charge on any atom is -0.369 e. The highest BCUT2D eigenvalue weighted by Gasteiger charge is 2.31. The fourth-order valence-electron chi connectivity index (χ4n) is 2.61. The number of amides is 1. The van der Waals surface area contributed by atoms with Crippen LogP contribution < -0.4 is 11.5 Å². The van der Waals surface area contributed by atoms with Gasteiger partial charge in [0.2, 0.25) is 15.9 Å². The Labute approximate surface area is 125 Å². The van der Waals surface area contributed by atoms with Crippen LogP contribution in [0.2, 0.25) is 0 Å². The molecule has 1 atom stereocenters. The van der Waals surface area contributed by atoms with Gasteiger partial charge in [-0.05, 0) is 24.0 Å². The molecule has 2 rings (SSSR count). The van der Waals surface area contributed by atoms with Gasteiger partial charge >= 0.3 is 0 Å². The number of primary amides is 1. The highest BCUT2D eigenvalue weighted by molar-refractivity contribution is 7.88. The molecule has 1 aliphatic rings. The molecule has 1 aliphatic heterocycles. The minimum atomic E-state index is -3.47. The van der Waals surface area contributed by atoms with Gasteiger partial charge < -0.3 is 11.5 Å². The quantitative estimate of drug-likeness (QED) is 0.808. The monoisotopic (exact) mass is 311 g/mol. The normalized spacial score (nSPS) is 20.3. The summed E-state index contributed by atoms with van der Waals surface area (Å²) in [5, 5.41) is 0. The number of nitrogens with zero attached hydrogens (tertiary/aromatic N) is 1. The third-order valence-corrected chi connectivity index (χ3v) is 5.65. The molecule has 1 saturated heterocycles. The standard InChI is InChI=1S/C14H21N3O3S/c15-8-11-4-1-2-5-13(11)10-21(19,20)17-7-3-6-12(9-17)14(16)18/h1-2,4-5,12H,3,6-10,15H2,(H2,16,18). The van der Waals surface area contributed by atoms with Crippen molar-refractivity contribution in [1.82, 2.24) is 4.31 Å². The van der Waals surface area contributed by atoms with E-state index in [0.29, 0.717) is 31.5 Å². The molecular formula is C14H21N3O3S. The van der Waals surface area contributed by atoms with Gasteiger partial charge in [0.1, 0.15) is 0 Å². The van der Waals surface area contributed by atoms with Crippen molar-refractivity contribution >= 4 is 15.9 Å². The first-order valence-corrected chi connectivity index (χ1v) is 8.59. The predicted octanol–water partition coefficient (Wildman–Crippen LogP) is 0.172. The zero-order chi connectivity index (χ0) is 15.5. The highest BCUT2D eigenvalue weighted by Crippen LogP contribution is 2.22. The summed E-state index contributed by atoms with van der Waals surface area (Å²) in [5.74, 6) is -0.915. The number of sulfonamides is 1. The van der Waals surface area contributed by atoms with Gasteiger partial charge in [0, 0.05) is 19.6 Å². The number of nitrogens with two attached hydrogens (primary N) is 2. The Morgan fingerprint density at radius 1 is 1.29 bits per heavy atom. The van der Waals surface area contributed by atoms with E-state index in [1.54, 1.807) is 12.1 Å². The molecule has 0 aromatic heterocycles. The van der Waals surface area contributed by atoms with Gasteiger partial charge in [-0.15, -0.1) is 0 Å². The number of carbonyl (C=O) groups excluding carboxylic acids is 1. The number of hydrogen-bond donors (Lipinski definition) is 2. The summed E-state index contributed by atoms with van der Waals surface area (Å²) in [6, 6.07) is 7.23. The van der Waals surface area contributed by atoms with E-state index in [1.165, 1.54) is 4.31 Å². The average Bonchev–Trinajstić information content (AvgIpc) is 2.47. The predicted molar refractivity (Wildman–Crippen MR) is 80.4 cm³/mol. The van der Waals surface area contributed by atoms with Crippen molar-refractivity contribution in [3.05, 3.63) is 35.4 Å². The molecule has 116 valence electrons. The summed E-state index contributed by atoms with van der Waals surface area (Å²) in [7, 11) is -3.47. The van der Waals surface area contributed by atoms with Gasteiger partial charge in [-0.25, -0.2) is 12.7 Å². The molecule has 0 aliphatic carbocycles. The van der Waals surface area contributed by atoms with Gasteiger partial charge in [0.15, 0.2) is 0 Å². The van der Waals surface area contributed by atoms with Crippen molar-refractivity contribution in [3.8, 4) is 0 Å². The number of benzene rings is 1. The van der Waals surface area contributed by atoms with Crippen molar-refractivity contribution in [1.29, 1.82) is 0 Å². The van der Waals surface area contributed by atoms with E-state index in [9.17, 15) is 13.2 Å². The van der Waals surface area contributed by atoms with Crippen LogP contribution in [0.4, 0.5) is 0 Å². The lowest BCUT2D eigenvalue weighted by molar-refractivity contribution is -0.122. The van der Waals surface area contributed by atoms with Crippen LogP contribution in [0.25, 0.3) is 0 Å². The molecule has 1 amide bonds. The summed E-state index contributed by atoms with van der Waals surface area (Å²) in [5.41, 5.74) is 12.5. The van der Waals surface area contributed by atoms with Crippen molar-refractivity contribution in [3.63, 3.8) is 0 Å². The third-order valence-electron chi connectivity index (χ3n) is 3.86. The molecule has 7 heteroatoms.